The van der Waals surface area contributed by atoms with Crippen LogP contribution in [0.1, 0.15) is 153 Å². The monoisotopic (exact) mass is 501 g/mol. The van der Waals surface area contributed by atoms with Gasteiger partial charge in [-0.25, -0.2) is 0 Å². The standard InChI is InChI=1S/C33H59NO2/c1-8-9-10-11-12-13-14-15-16-17-18-19-20-21-22-23-24-34(7)31(35)26-29-25-30(33(4,5)6)32(36)28(3)27(29)2/h25,36H,8-24,26H2,1-7H3. The lowest BCUT2D eigenvalue weighted by atomic mass is 9.82. The van der Waals surface area contributed by atoms with Crippen molar-refractivity contribution in [2.24, 2.45) is 0 Å². The van der Waals surface area contributed by atoms with Crippen molar-refractivity contribution in [3.05, 3.63) is 28.3 Å². The van der Waals surface area contributed by atoms with Gasteiger partial charge in [-0.05, 0) is 47.9 Å². The molecule has 0 bridgehead atoms. The average molecular weight is 502 g/mol. The molecule has 0 atom stereocenters. The lowest BCUT2D eigenvalue weighted by Crippen LogP contribution is -2.29. The Balaban J connectivity index is 2.15. The van der Waals surface area contributed by atoms with Crippen molar-refractivity contribution in [1.82, 2.24) is 4.90 Å². The van der Waals surface area contributed by atoms with E-state index in [0.29, 0.717) is 12.2 Å². The largest absolute Gasteiger partial charge is 0.507 e. The number of rotatable bonds is 19. The van der Waals surface area contributed by atoms with Crippen LogP contribution in [0.3, 0.4) is 0 Å². The van der Waals surface area contributed by atoms with Gasteiger partial charge in [0.05, 0.1) is 6.42 Å². The van der Waals surface area contributed by atoms with E-state index in [1.807, 2.05) is 31.9 Å². The lowest BCUT2D eigenvalue weighted by molar-refractivity contribution is -0.129. The summed E-state index contributed by atoms with van der Waals surface area (Å²) >= 11 is 0. The summed E-state index contributed by atoms with van der Waals surface area (Å²) in [4.78, 5) is 14.8. The van der Waals surface area contributed by atoms with E-state index in [4.69, 9.17) is 0 Å². The van der Waals surface area contributed by atoms with Gasteiger partial charge in [-0.3, -0.25) is 4.79 Å². The van der Waals surface area contributed by atoms with Crippen LogP contribution in [0.2, 0.25) is 0 Å². The minimum absolute atomic E-state index is 0.153. The highest BCUT2D eigenvalue weighted by atomic mass is 16.3. The first-order valence-electron chi connectivity index (χ1n) is 15.2. The fraction of sp³-hybridized carbons (Fsp3) is 0.788. The molecule has 1 rings (SSSR count). The second kappa shape index (κ2) is 17.9. The summed E-state index contributed by atoms with van der Waals surface area (Å²) in [7, 11) is 1.93. The molecule has 0 aliphatic heterocycles. The summed E-state index contributed by atoms with van der Waals surface area (Å²) in [5.41, 5.74) is 3.74. The summed E-state index contributed by atoms with van der Waals surface area (Å²) in [6, 6.07) is 2.04. The van der Waals surface area contributed by atoms with Gasteiger partial charge < -0.3 is 10.0 Å². The summed E-state index contributed by atoms with van der Waals surface area (Å²) in [6.45, 7) is 13.4. The molecule has 1 aromatic carbocycles. The second-order valence-corrected chi connectivity index (χ2v) is 12.2. The predicted octanol–water partition coefficient (Wildman–Crippen LogP) is 9.57. The van der Waals surface area contributed by atoms with Crippen molar-refractivity contribution >= 4 is 5.91 Å². The molecule has 0 heterocycles. The van der Waals surface area contributed by atoms with Gasteiger partial charge in [-0.2, -0.15) is 0 Å². The first kappa shape index (κ1) is 32.5. The van der Waals surface area contributed by atoms with Gasteiger partial charge >= 0.3 is 0 Å². The van der Waals surface area contributed by atoms with Gasteiger partial charge in [0.2, 0.25) is 5.91 Å². The number of phenols is 1. The van der Waals surface area contributed by atoms with Gasteiger partial charge in [-0.1, -0.05) is 130 Å². The Hall–Kier alpha value is -1.51. The molecule has 1 N–H and O–H groups in total. The number of carbonyl (C=O) groups is 1. The highest BCUT2D eigenvalue weighted by Crippen LogP contribution is 2.36. The van der Waals surface area contributed by atoms with Crippen LogP contribution in [0.5, 0.6) is 5.75 Å². The van der Waals surface area contributed by atoms with Crippen LogP contribution in [0.25, 0.3) is 0 Å². The average Bonchev–Trinajstić information content (AvgIpc) is 2.83. The van der Waals surface area contributed by atoms with Gasteiger partial charge in [0, 0.05) is 13.6 Å². The molecular formula is C33H59NO2. The van der Waals surface area contributed by atoms with Gasteiger partial charge in [0.25, 0.3) is 0 Å². The van der Waals surface area contributed by atoms with Crippen molar-refractivity contribution in [1.29, 1.82) is 0 Å². The van der Waals surface area contributed by atoms with Crippen molar-refractivity contribution < 1.29 is 9.90 Å². The quantitative estimate of drug-likeness (QED) is 0.192. The van der Waals surface area contributed by atoms with Crippen LogP contribution in [0.15, 0.2) is 6.07 Å². The summed E-state index contributed by atoms with van der Waals surface area (Å²) in [5.74, 6) is 0.543. The lowest BCUT2D eigenvalue weighted by Gasteiger charge is -2.25. The first-order chi connectivity index (χ1) is 17.1. The smallest absolute Gasteiger partial charge is 0.226 e. The minimum Gasteiger partial charge on any atom is -0.507 e. The molecule has 0 aromatic heterocycles. The number of amides is 1. The van der Waals surface area contributed by atoms with Crippen molar-refractivity contribution in [3.63, 3.8) is 0 Å². The molecule has 0 saturated heterocycles. The third kappa shape index (κ3) is 12.6. The van der Waals surface area contributed by atoms with Crippen LogP contribution < -0.4 is 0 Å². The number of hydrogen-bond acceptors (Lipinski definition) is 2. The summed E-state index contributed by atoms with van der Waals surface area (Å²) < 4.78 is 0. The molecular weight excluding hydrogens is 442 g/mol. The molecule has 0 saturated carbocycles. The zero-order valence-corrected chi connectivity index (χ0v) is 25.1. The number of carbonyl (C=O) groups excluding carboxylic acids is 1. The number of hydrogen-bond donors (Lipinski definition) is 1. The Labute approximate surface area is 224 Å². The number of phenolic OH excluding ortho intramolecular Hbond substituents is 1. The maximum absolute atomic E-state index is 12.9. The topological polar surface area (TPSA) is 40.5 Å². The molecule has 0 radical (unpaired) electrons. The Kier molecular flexibility index (Phi) is 16.1. The summed E-state index contributed by atoms with van der Waals surface area (Å²) in [5, 5.41) is 10.6. The van der Waals surface area contributed by atoms with Crippen LogP contribution in [0.4, 0.5) is 0 Å². The predicted molar refractivity (Wildman–Crippen MR) is 157 cm³/mol. The van der Waals surface area contributed by atoms with Crippen molar-refractivity contribution in [3.8, 4) is 5.75 Å². The maximum Gasteiger partial charge on any atom is 0.226 e. The number of likely N-dealkylation sites (N-methyl/N-ethyl adjacent to an activating group) is 1. The molecule has 1 amide bonds. The molecule has 1 aromatic rings. The van der Waals surface area contributed by atoms with E-state index in [9.17, 15) is 9.90 Å². The van der Waals surface area contributed by atoms with E-state index >= 15 is 0 Å². The first-order valence-corrected chi connectivity index (χ1v) is 15.2. The highest BCUT2D eigenvalue weighted by Gasteiger charge is 2.23. The fourth-order valence-corrected chi connectivity index (χ4v) is 5.05. The molecule has 3 heteroatoms. The molecule has 0 unspecified atom stereocenters. The number of aromatic hydroxyl groups is 1. The number of nitrogens with zero attached hydrogens (tertiary/aromatic N) is 1. The van der Waals surface area contributed by atoms with E-state index in [0.717, 1.165) is 35.2 Å². The Morgan fingerprint density at radius 2 is 1.17 bits per heavy atom. The molecule has 0 fully saturated rings. The molecule has 36 heavy (non-hydrogen) atoms. The second-order valence-electron chi connectivity index (χ2n) is 12.2. The highest BCUT2D eigenvalue weighted by molar-refractivity contribution is 5.79. The fourth-order valence-electron chi connectivity index (χ4n) is 5.05. The molecule has 0 spiro atoms. The third-order valence-corrected chi connectivity index (χ3v) is 7.90. The third-order valence-electron chi connectivity index (χ3n) is 7.90. The Morgan fingerprint density at radius 3 is 1.58 bits per heavy atom. The van der Waals surface area contributed by atoms with E-state index in [-0.39, 0.29) is 11.3 Å². The van der Waals surface area contributed by atoms with Crippen molar-refractivity contribution in [2.45, 2.75) is 156 Å². The van der Waals surface area contributed by atoms with Gasteiger partial charge in [-0.15, -0.1) is 0 Å². The summed E-state index contributed by atoms with van der Waals surface area (Å²) in [6.07, 6.45) is 22.2. The molecule has 208 valence electrons. The maximum atomic E-state index is 12.9. The van der Waals surface area contributed by atoms with E-state index in [1.165, 1.54) is 96.3 Å². The number of benzene rings is 1. The van der Waals surface area contributed by atoms with Crippen LogP contribution in [0, 0.1) is 13.8 Å². The van der Waals surface area contributed by atoms with E-state index < -0.39 is 0 Å². The van der Waals surface area contributed by atoms with E-state index in [1.54, 1.807) is 0 Å². The SMILES string of the molecule is CCCCCCCCCCCCCCCCCCN(C)C(=O)Cc1cc(C(C)(C)C)c(O)c(C)c1C. The molecule has 3 nitrogen and oxygen atoms in total. The Morgan fingerprint density at radius 1 is 0.750 bits per heavy atom. The minimum atomic E-state index is -0.153. The molecule has 0 aliphatic carbocycles. The van der Waals surface area contributed by atoms with Crippen LogP contribution in [-0.2, 0) is 16.6 Å². The normalized spacial score (nSPS) is 11.8. The van der Waals surface area contributed by atoms with Crippen LogP contribution in [-0.4, -0.2) is 29.5 Å². The zero-order valence-electron chi connectivity index (χ0n) is 25.1. The van der Waals surface area contributed by atoms with Gasteiger partial charge in [0.15, 0.2) is 0 Å². The number of unbranched alkanes of at least 4 members (excludes halogenated alkanes) is 15. The van der Waals surface area contributed by atoms with E-state index in [2.05, 4.69) is 27.7 Å². The van der Waals surface area contributed by atoms with Crippen LogP contribution >= 0.6 is 0 Å². The zero-order chi connectivity index (χ0) is 27.0. The van der Waals surface area contributed by atoms with Gasteiger partial charge in [0.1, 0.15) is 5.75 Å². The Bertz CT molecular complexity index is 747. The van der Waals surface area contributed by atoms with Crippen molar-refractivity contribution in [2.75, 3.05) is 13.6 Å². The molecule has 0 aliphatic rings.